The highest BCUT2D eigenvalue weighted by Gasteiger charge is 2.45. The first-order valence-electron chi connectivity index (χ1n) is 5.43. The molecule has 0 aromatic rings. The van der Waals surface area contributed by atoms with E-state index in [0.717, 1.165) is 32.2 Å². The van der Waals surface area contributed by atoms with E-state index in [0.29, 0.717) is 5.92 Å². The lowest BCUT2D eigenvalue weighted by atomic mass is 9.94. The molecular formula is C11H18N2O. The van der Waals surface area contributed by atoms with Gasteiger partial charge in [-0.05, 0) is 38.0 Å². The zero-order valence-electron chi connectivity index (χ0n) is 8.46. The van der Waals surface area contributed by atoms with Gasteiger partial charge in [0.25, 0.3) is 0 Å². The highest BCUT2D eigenvalue weighted by atomic mass is 16.2. The number of carbonyl (C=O) groups excluding carboxylic acids is 1. The van der Waals surface area contributed by atoms with E-state index >= 15 is 0 Å². The Balaban J connectivity index is 1.71. The Morgan fingerprint density at radius 2 is 2.29 bits per heavy atom. The maximum Gasteiger partial charge on any atom is 0.240 e. The minimum atomic E-state index is -0.509. The molecule has 0 aliphatic heterocycles. The molecule has 78 valence electrons. The smallest absolute Gasteiger partial charge is 0.240 e. The van der Waals surface area contributed by atoms with Crippen LogP contribution in [0, 0.1) is 5.92 Å². The van der Waals surface area contributed by atoms with Crippen molar-refractivity contribution in [3.05, 3.63) is 12.2 Å². The Bertz CT molecular complexity index is 256. The number of rotatable bonds is 3. The molecule has 0 radical (unpaired) electrons. The van der Waals surface area contributed by atoms with Gasteiger partial charge in [-0.1, -0.05) is 12.2 Å². The third kappa shape index (κ3) is 2.15. The molecule has 0 aromatic heterocycles. The standard InChI is InChI=1S/C11H18N2O/c12-11(6-7-11)10(14)13-8-9-4-2-1-3-5-9/h1-2,9H,3-8,12H2,(H,13,14). The molecule has 3 nitrogen and oxygen atoms in total. The lowest BCUT2D eigenvalue weighted by molar-refractivity contribution is -0.123. The fraction of sp³-hybridized carbons (Fsp3) is 0.727. The van der Waals surface area contributed by atoms with Crippen LogP contribution >= 0.6 is 0 Å². The van der Waals surface area contributed by atoms with Gasteiger partial charge in [0.1, 0.15) is 0 Å². The van der Waals surface area contributed by atoms with E-state index in [1.807, 2.05) is 0 Å². The molecule has 14 heavy (non-hydrogen) atoms. The number of hydrogen-bond acceptors (Lipinski definition) is 2. The highest BCUT2D eigenvalue weighted by Crippen LogP contribution is 2.32. The van der Waals surface area contributed by atoms with E-state index in [-0.39, 0.29) is 5.91 Å². The summed E-state index contributed by atoms with van der Waals surface area (Å²) in [6, 6.07) is 0. The number of amides is 1. The van der Waals surface area contributed by atoms with Crippen molar-refractivity contribution in [3.63, 3.8) is 0 Å². The van der Waals surface area contributed by atoms with E-state index < -0.39 is 5.54 Å². The molecule has 2 rings (SSSR count). The molecule has 0 heterocycles. The summed E-state index contributed by atoms with van der Waals surface area (Å²) in [5.74, 6) is 0.665. The van der Waals surface area contributed by atoms with Crippen molar-refractivity contribution in [2.75, 3.05) is 6.54 Å². The zero-order chi connectivity index (χ0) is 10.0. The number of hydrogen-bond donors (Lipinski definition) is 2. The van der Waals surface area contributed by atoms with Crippen molar-refractivity contribution >= 4 is 5.91 Å². The van der Waals surface area contributed by atoms with Crippen molar-refractivity contribution in [1.82, 2.24) is 5.32 Å². The summed E-state index contributed by atoms with van der Waals surface area (Å²) in [4.78, 5) is 11.5. The average Bonchev–Trinajstić information content (AvgIpc) is 2.96. The van der Waals surface area contributed by atoms with Gasteiger partial charge in [0.05, 0.1) is 5.54 Å². The fourth-order valence-electron chi connectivity index (χ4n) is 1.82. The molecule has 0 aromatic carbocycles. The normalized spacial score (nSPS) is 28.5. The summed E-state index contributed by atoms with van der Waals surface area (Å²) in [6.45, 7) is 0.794. The van der Waals surface area contributed by atoms with Crippen LogP contribution in [0.5, 0.6) is 0 Å². The van der Waals surface area contributed by atoms with Crippen molar-refractivity contribution in [2.45, 2.75) is 37.6 Å². The van der Waals surface area contributed by atoms with E-state index in [1.54, 1.807) is 0 Å². The predicted octanol–water partition coefficient (Wildman–Crippen LogP) is 0.950. The van der Waals surface area contributed by atoms with Crippen LogP contribution in [0.25, 0.3) is 0 Å². The first kappa shape index (κ1) is 9.71. The molecule has 1 atom stereocenters. The Hall–Kier alpha value is -0.830. The molecule has 3 N–H and O–H groups in total. The Morgan fingerprint density at radius 3 is 2.86 bits per heavy atom. The Morgan fingerprint density at radius 1 is 1.50 bits per heavy atom. The first-order chi connectivity index (χ1) is 6.71. The summed E-state index contributed by atoms with van der Waals surface area (Å²) < 4.78 is 0. The van der Waals surface area contributed by atoms with E-state index in [9.17, 15) is 4.79 Å². The van der Waals surface area contributed by atoms with Gasteiger partial charge in [-0.15, -0.1) is 0 Å². The topological polar surface area (TPSA) is 55.1 Å². The summed E-state index contributed by atoms with van der Waals surface area (Å²) in [5, 5.41) is 2.96. The Kier molecular flexibility index (Phi) is 2.59. The number of carbonyl (C=O) groups is 1. The van der Waals surface area contributed by atoms with Gasteiger partial charge in [-0.25, -0.2) is 0 Å². The Labute approximate surface area is 84.7 Å². The van der Waals surface area contributed by atoms with Gasteiger partial charge >= 0.3 is 0 Å². The lowest BCUT2D eigenvalue weighted by Crippen LogP contribution is -2.44. The average molecular weight is 194 g/mol. The largest absolute Gasteiger partial charge is 0.354 e. The summed E-state index contributed by atoms with van der Waals surface area (Å²) in [5.41, 5.74) is 5.27. The van der Waals surface area contributed by atoms with Crippen molar-refractivity contribution in [1.29, 1.82) is 0 Å². The highest BCUT2D eigenvalue weighted by molar-refractivity contribution is 5.88. The molecule has 2 aliphatic carbocycles. The van der Waals surface area contributed by atoms with Gasteiger partial charge in [0.2, 0.25) is 5.91 Å². The second-order valence-corrected chi connectivity index (χ2v) is 4.52. The van der Waals surface area contributed by atoms with Crippen LogP contribution in [0.3, 0.4) is 0 Å². The van der Waals surface area contributed by atoms with E-state index in [2.05, 4.69) is 17.5 Å². The maximum absolute atomic E-state index is 11.5. The van der Waals surface area contributed by atoms with Crippen molar-refractivity contribution in [3.8, 4) is 0 Å². The molecule has 0 bridgehead atoms. The van der Waals surface area contributed by atoms with Crippen LogP contribution in [-0.4, -0.2) is 18.0 Å². The molecule has 1 amide bonds. The number of nitrogens with one attached hydrogen (secondary N) is 1. The van der Waals surface area contributed by atoms with Crippen LogP contribution < -0.4 is 11.1 Å². The van der Waals surface area contributed by atoms with E-state index in [4.69, 9.17) is 5.73 Å². The molecule has 3 heteroatoms. The molecule has 1 unspecified atom stereocenters. The fourth-order valence-corrected chi connectivity index (χ4v) is 1.82. The monoisotopic (exact) mass is 194 g/mol. The minimum absolute atomic E-state index is 0.0482. The second-order valence-electron chi connectivity index (χ2n) is 4.52. The van der Waals surface area contributed by atoms with Gasteiger partial charge in [-0.3, -0.25) is 4.79 Å². The second kappa shape index (κ2) is 3.73. The van der Waals surface area contributed by atoms with Crippen molar-refractivity contribution in [2.24, 2.45) is 11.7 Å². The maximum atomic E-state index is 11.5. The van der Waals surface area contributed by atoms with Gasteiger partial charge in [-0.2, -0.15) is 0 Å². The molecule has 1 saturated carbocycles. The van der Waals surface area contributed by atoms with Crippen LogP contribution in [-0.2, 0) is 4.79 Å². The summed E-state index contributed by atoms with van der Waals surface area (Å²) in [7, 11) is 0. The van der Waals surface area contributed by atoms with Gasteiger partial charge < -0.3 is 11.1 Å². The minimum Gasteiger partial charge on any atom is -0.354 e. The van der Waals surface area contributed by atoms with Crippen LogP contribution in [0.15, 0.2) is 12.2 Å². The quantitative estimate of drug-likeness (QED) is 0.657. The SMILES string of the molecule is NC1(C(=O)NCC2CC=CCC2)CC1. The molecule has 0 spiro atoms. The predicted molar refractivity (Wildman–Crippen MR) is 55.6 cm³/mol. The molecule has 2 aliphatic rings. The zero-order valence-corrected chi connectivity index (χ0v) is 8.46. The van der Waals surface area contributed by atoms with Crippen molar-refractivity contribution < 1.29 is 4.79 Å². The third-order valence-corrected chi connectivity index (χ3v) is 3.17. The summed E-state index contributed by atoms with van der Waals surface area (Å²) >= 11 is 0. The van der Waals surface area contributed by atoms with Gasteiger partial charge in [0.15, 0.2) is 0 Å². The van der Waals surface area contributed by atoms with Crippen LogP contribution in [0.1, 0.15) is 32.1 Å². The first-order valence-corrected chi connectivity index (χ1v) is 5.43. The van der Waals surface area contributed by atoms with Gasteiger partial charge in [0, 0.05) is 6.54 Å². The lowest BCUT2D eigenvalue weighted by Gasteiger charge is -2.19. The van der Waals surface area contributed by atoms with Crippen LogP contribution in [0.4, 0.5) is 0 Å². The van der Waals surface area contributed by atoms with E-state index in [1.165, 1.54) is 6.42 Å². The number of nitrogens with two attached hydrogens (primary N) is 1. The molecule has 1 fully saturated rings. The third-order valence-electron chi connectivity index (χ3n) is 3.17. The summed E-state index contributed by atoms with van der Waals surface area (Å²) in [6.07, 6.45) is 9.55. The molecule has 0 saturated heterocycles. The van der Waals surface area contributed by atoms with Crippen LogP contribution in [0.2, 0.25) is 0 Å². The number of allylic oxidation sites excluding steroid dienone is 2. The molecular weight excluding hydrogens is 176 g/mol.